The number of carbonyl (C=O) groups excluding carboxylic acids is 1. The second-order valence-corrected chi connectivity index (χ2v) is 5.39. The molecule has 0 radical (unpaired) electrons. The SMILES string of the molecule is Cc1ccc(NC(=O)c2ccc(-n3ccnc3C)nn2)c(C)c1. The number of hydrogen-bond donors (Lipinski definition) is 1. The topological polar surface area (TPSA) is 72.7 Å². The largest absolute Gasteiger partial charge is 0.320 e. The summed E-state index contributed by atoms with van der Waals surface area (Å²) in [7, 11) is 0. The fraction of sp³-hybridized carbons (Fsp3) is 0.176. The molecule has 23 heavy (non-hydrogen) atoms. The average molecular weight is 307 g/mol. The van der Waals surface area contributed by atoms with Crippen molar-refractivity contribution in [3.8, 4) is 5.82 Å². The number of benzene rings is 1. The van der Waals surface area contributed by atoms with Gasteiger partial charge in [0.25, 0.3) is 5.91 Å². The Kier molecular flexibility index (Phi) is 3.89. The molecule has 2 heterocycles. The minimum Gasteiger partial charge on any atom is -0.320 e. The molecule has 0 aliphatic carbocycles. The van der Waals surface area contributed by atoms with E-state index in [0.717, 1.165) is 22.6 Å². The van der Waals surface area contributed by atoms with Crippen molar-refractivity contribution in [2.24, 2.45) is 0 Å². The van der Waals surface area contributed by atoms with E-state index in [1.54, 1.807) is 29.1 Å². The second kappa shape index (κ2) is 6.00. The van der Waals surface area contributed by atoms with Gasteiger partial charge in [-0.05, 0) is 44.5 Å². The predicted octanol–water partition coefficient (Wildman–Crippen LogP) is 2.84. The lowest BCUT2D eigenvalue weighted by Gasteiger charge is -2.09. The summed E-state index contributed by atoms with van der Waals surface area (Å²) in [6.45, 7) is 5.85. The van der Waals surface area contributed by atoms with Crippen molar-refractivity contribution in [1.29, 1.82) is 0 Å². The van der Waals surface area contributed by atoms with Gasteiger partial charge in [-0.2, -0.15) is 0 Å². The van der Waals surface area contributed by atoms with Crippen molar-refractivity contribution in [3.63, 3.8) is 0 Å². The van der Waals surface area contributed by atoms with Gasteiger partial charge in [0, 0.05) is 18.1 Å². The van der Waals surface area contributed by atoms with Crippen molar-refractivity contribution in [1.82, 2.24) is 19.7 Å². The Hall–Kier alpha value is -3.02. The summed E-state index contributed by atoms with van der Waals surface area (Å²) in [5.74, 6) is 1.16. The number of nitrogens with zero attached hydrogens (tertiary/aromatic N) is 4. The third-order valence-electron chi connectivity index (χ3n) is 3.59. The van der Waals surface area contributed by atoms with Gasteiger partial charge in [0.15, 0.2) is 11.5 Å². The second-order valence-electron chi connectivity index (χ2n) is 5.39. The monoisotopic (exact) mass is 307 g/mol. The summed E-state index contributed by atoms with van der Waals surface area (Å²) in [5, 5.41) is 11.0. The van der Waals surface area contributed by atoms with Gasteiger partial charge in [-0.15, -0.1) is 10.2 Å². The number of hydrogen-bond acceptors (Lipinski definition) is 4. The average Bonchev–Trinajstić information content (AvgIpc) is 2.96. The Morgan fingerprint density at radius 2 is 1.91 bits per heavy atom. The Labute approximate surface area is 134 Å². The molecular weight excluding hydrogens is 290 g/mol. The van der Waals surface area contributed by atoms with Crippen LogP contribution in [0.1, 0.15) is 27.4 Å². The lowest BCUT2D eigenvalue weighted by molar-refractivity contribution is 0.102. The molecule has 6 heteroatoms. The van der Waals surface area contributed by atoms with Gasteiger partial charge in [-0.3, -0.25) is 9.36 Å². The summed E-state index contributed by atoms with van der Waals surface area (Å²) in [6, 6.07) is 9.27. The number of rotatable bonds is 3. The first kappa shape index (κ1) is 14.9. The van der Waals surface area contributed by atoms with Gasteiger partial charge < -0.3 is 5.32 Å². The van der Waals surface area contributed by atoms with E-state index in [1.807, 2.05) is 39.0 Å². The van der Waals surface area contributed by atoms with Gasteiger partial charge in [-0.25, -0.2) is 4.98 Å². The maximum atomic E-state index is 12.3. The summed E-state index contributed by atoms with van der Waals surface area (Å²) in [5.41, 5.74) is 3.21. The standard InChI is InChI=1S/C17H17N5O/c1-11-4-5-14(12(2)10-11)19-17(23)15-6-7-16(21-20-15)22-9-8-18-13(22)3/h4-10H,1-3H3,(H,19,23). The highest BCUT2D eigenvalue weighted by atomic mass is 16.1. The van der Waals surface area contributed by atoms with Crippen molar-refractivity contribution in [2.75, 3.05) is 5.32 Å². The Bertz CT molecular complexity index is 852. The van der Waals surface area contributed by atoms with Crippen LogP contribution in [0.2, 0.25) is 0 Å². The van der Waals surface area contributed by atoms with Crippen LogP contribution in [0.15, 0.2) is 42.7 Å². The molecule has 0 saturated carbocycles. The van der Waals surface area contributed by atoms with Gasteiger partial charge in [0.1, 0.15) is 5.82 Å². The Balaban J connectivity index is 1.79. The predicted molar refractivity (Wildman–Crippen MR) is 87.8 cm³/mol. The molecule has 0 saturated heterocycles. The quantitative estimate of drug-likeness (QED) is 0.807. The molecule has 0 atom stereocenters. The smallest absolute Gasteiger partial charge is 0.276 e. The number of anilines is 1. The van der Waals surface area contributed by atoms with E-state index in [4.69, 9.17) is 0 Å². The molecule has 1 N–H and O–H groups in total. The molecular formula is C17H17N5O. The molecule has 3 rings (SSSR count). The van der Waals surface area contributed by atoms with Crippen LogP contribution < -0.4 is 5.32 Å². The first-order valence-corrected chi connectivity index (χ1v) is 7.27. The van der Waals surface area contributed by atoms with Gasteiger partial charge in [-0.1, -0.05) is 17.7 Å². The molecule has 1 amide bonds. The highest BCUT2D eigenvalue weighted by molar-refractivity contribution is 6.03. The fourth-order valence-corrected chi connectivity index (χ4v) is 2.34. The fourth-order valence-electron chi connectivity index (χ4n) is 2.34. The summed E-state index contributed by atoms with van der Waals surface area (Å²) in [4.78, 5) is 16.4. The first-order chi connectivity index (χ1) is 11.0. The molecule has 0 bridgehead atoms. The third-order valence-corrected chi connectivity index (χ3v) is 3.59. The van der Waals surface area contributed by atoms with E-state index in [0.29, 0.717) is 5.82 Å². The number of imidazole rings is 1. The van der Waals surface area contributed by atoms with Crippen molar-refractivity contribution in [3.05, 3.63) is 65.4 Å². The lowest BCUT2D eigenvalue weighted by atomic mass is 10.1. The first-order valence-electron chi connectivity index (χ1n) is 7.27. The molecule has 116 valence electrons. The lowest BCUT2D eigenvalue weighted by Crippen LogP contribution is -2.15. The number of aryl methyl sites for hydroxylation is 3. The molecule has 1 aromatic carbocycles. The maximum Gasteiger partial charge on any atom is 0.276 e. The van der Waals surface area contributed by atoms with Crippen molar-refractivity contribution in [2.45, 2.75) is 20.8 Å². The summed E-state index contributed by atoms with van der Waals surface area (Å²) in [6.07, 6.45) is 3.49. The third kappa shape index (κ3) is 3.11. The summed E-state index contributed by atoms with van der Waals surface area (Å²) >= 11 is 0. The normalized spacial score (nSPS) is 10.6. The van der Waals surface area contributed by atoms with Gasteiger partial charge in [0.05, 0.1) is 0 Å². The van der Waals surface area contributed by atoms with E-state index in [1.165, 1.54) is 0 Å². The van der Waals surface area contributed by atoms with Crippen LogP contribution in [0.4, 0.5) is 5.69 Å². The van der Waals surface area contributed by atoms with Gasteiger partial charge >= 0.3 is 0 Å². The number of aromatic nitrogens is 4. The number of carbonyl (C=O) groups is 1. The number of nitrogens with one attached hydrogen (secondary N) is 1. The van der Waals surface area contributed by atoms with Crippen molar-refractivity contribution >= 4 is 11.6 Å². The number of amides is 1. The van der Waals surface area contributed by atoms with Crippen LogP contribution in [-0.4, -0.2) is 25.7 Å². The highest BCUT2D eigenvalue weighted by Gasteiger charge is 2.11. The Morgan fingerprint density at radius 3 is 2.52 bits per heavy atom. The highest BCUT2D eigenvalue weighted by Crippen LogP contribution is 2.17. The zero-order valence-corrected chi connectivity index (χ0v) is 13.2. The van der Waals surface area contributed by atoms with E-state index in [2.05, 4.69) is 20.5 Å². The molecule has 0 aliphatic rings. The molecule has 6 nitrogen and oxygen atoms in total. The van der Waals surface area contributed by atoms with E-state index in [9.17, 15) is 4.79 Å². The maximum absolute atomic E-state index is 12.3. The zero-order chi connectivity index (χ0) is 16.4. The minimum atomic E-state index is -0.279. The summed E-state index contributed by atoms with van der Waals surface area (Å²) < 4.78 is 1.80. The zero-order valence-electron chi connectivity index (χ0n) is 13.2. The van der Waals surface area contributed by atoms with Crippen molar-refractivity contribution < 1.29 is 4.79 Å². The molecule has 0 unspecified atom stereocenters. The minimum absolute atomic E-state index is 0.270. The van der Waals surface area contributed by atoms with Crippen LogP contribution >= 0.6 is 0 Å². The van der Waals surface area contributed by atoms with E-state index in [-0.39, 0.29) is 11.6 Å². The molecule has 0 fully saturated rings. The van der Waals surface area contributed by atoms with Crippen LogP contribution in [-0.2, 0) is 0 Å². The van der Waals surface area contributed by atoms with Crippen LogP contribution in [0, 0.1) is 20.8 Å². The van der Waals surface area contributed by atoms with Crippen LogP contribution in [0.25, 0.3) is 5.82 Å². The van der Waals surface area contributed by atoms with E-state index >= 15 is 0 Å². The molecule has 0 spiro atoms. The molecule has 2 aromatic heterocycles. The molecule has 0 aliphatic heterocycles. The van der Waals surface area contributed by atoms with E-state index < -0.39 is 0 Å². The van der Waals surface area contributed by atoms with Crippen LogP contribution in [0.3, 0.4) is 0 Å². The van der Waals surface area contributed by atoms with Gasteiger partial charge in [0.2, 0.25) is 0 Å². The molecule has 3 aromatic rings. The Morgan fingerprint density at radius 1 is 1.09 bits per heavy atom. The van der Waals surface area contributed by atoms with Crippen LogP contribution in [0.5, 0.6) is 0 Å².